The molecule has 0 aliphatic carbocycles. The van der Waals surface area contributed by atoms with E-state index in [1.165, 1.54) is 4.90 Å². The maximum absolute atomic E-state index is 13.7. The molecule has 3 rings (SSSR count). The largest absolute Gasteiger partial charge is 0.391 e. The molecule has 1 fully saturated rings. The van der Waals surface area contributed by atoms with Gasteiger partial charge in [0.25, 0.3) is 0 Å². The smallest absolute Gasteiger partial charge is 0.246 e. The lowest BCUT2D eigenvalue weighted by Crippen LogP contribution is -2.58. The van der Waals surface area contributed by atoms with Crippen LogP contribution < -0.4 is 16.4 Å². The third-order valence-electron chi connectivity index (χ3n) is 6.95. The molecule has 2 aromatic rings. The zero-order valence-corrected chi connectivity index (χ0v) is 26.3. The van der Waals surface area contributed by atoms with Gasteiger partial charge in [-0.3, -0.25) is 14.4 Å². The van der Waals surface area contributed by atoms with E-state index in [1.807, 2.05) is 57.5 Å². The van der Waals surface area contributed by atoms with Crippen LogP contribution in [0.15, 0.2) is 29.8 Å². The maximum Gasteiger partial charge on any atom is 0.246 e. The Labute approximate surface area is 257 Å². The summed E-state index contributed by atoms with van der Waals surface area (Å²) in [6, 6.07) is 6.08. The number of benzene rings is 1. The fourth-order valence-electron chi connectivity index (χ4n) is 4.67. The second-order valence-corrected chi connectivity index (χ2v) is 12.4. The molecule has 0 radical (unpaired) electrons. The van der Waals surface area contributed by atoms with Crippen molar-refractivity contribution in [1.82, 2.24) is 20.5 Å². The van der Waals surface area contributed by atoms with Gasteiger partial charge in [0.15, 0.2) is 0 Å². The maximum atomic E-state index is 13.7. The van der Waals surface area contributed by atoms with E-state index in [4.69, 9.17) is 19.9 Å². The van der Waals surface area contributed by atoms with Gasteiger partial charge in [-0.15, -0.1) is 11.3 Å². The topological polar surface area (TPSA) is 165 Å². The lowest BCUT2D eigenvalue weighted by molar-refractivity contribution is -0.144. The van der Waals surface area contributed by atoms with Crippen molar-refractivity contribution >= 4 is 29.1 Å². The van der Waals surface area contributed by atoms with Crippen LogP contribution in [-0.4, -0.2) is 104 Å². The summed E-state index contributed by atoms with van der Waals surface area (Å²) in [5.41, 5.74) is 9.44. The molecular formula is C30H45N5O7S. The van der Waals surface area contributed by atoms with E-state index in [2.05, 4.69) is 15.6 Å². The number of carbonyl (C=O) groups excluding carboxylic acids is 3. The summed E-state index contributed by atoms with van der Waals surface area (Å²) in [4.78, 5) is 46.4. The average molecular weight is 620 g/mol. The quantitative estimate of drug-likeness (QED) is 0.202. The first-order chi connectivity index (χ1) is 20.5. The molecule has 1 aliphatic heterocycles. The number of nitrogens with one attached hydrogen (secondary N) is 2. The van der Waals surface area contributed by atoms with Crippen molar-refractivity contribution in [3.8, 4) is 10.4 Å². The number of ether oxygens (including phenoxy) is 3. The van der Waals surface area contributed by atoms with E-state index >= 15 is 0 Å². The zero-order chi connectivity index (χ0) is 31.4. The highest BCUT2D eigenvalue weighted by atomic mass is 32.1. The Kier molecular flexibility index (Phi) is 13.5. The molecule has 1 aliphatic rings. The minimum atomic E-state index is -0.928. The number of nitrogens with zero attached hydrogens (tertiary/aromatic N) is 2. The number of nitrogens with two attached hydrogens (primary N) is 1. The fourth-order valence-corrected chi connectivity index (χ4v) is 5.48. The lowest BCUT2D eigenvalue weighted by atomic mass is 9.85. The van der Waals surface area contributed by atoms with Crippen LogP contribution in [0.2, 0.25) is 0 Å². The van der Waals surface area contributed by atoms with Crippen molar-refractivity contribution in [3.63, 3.8) is 0 Å². The van der Waals surface area contributed by atoms with E-state index in [0.717, 1.165) is 21.7 Å². The number of aryl methyl sites for hydroxylation is 1. The Morgan fingerprint density at radius 1 is 1.09 bits per heavy atom. The first-order valence-electron chi connectivity index (χ1n) is 14.5. The van der Waals surface area contributed by atoms with Crippen LogP contribution in [0.4, 0.5) is 0 Å². The van der Waals surface area contributed by atoms with Crippen LogP contribution in [-0.2, 0) is 35.1 Å². The van der Waals surface area contributed by atoms with E-state index in [9.17, 15) is 19.5 Å². The zero-order valence-electron chi connectivity index (χ0n) is 25.5. The molecule has 2 heterocycles. The first kappa shape index (κ1) is 34.5. The summed E-state index contributed by atoms with van der Waals surface area (Å²) < 4.78 is 16.0. The van der Waals surface area contributed by atoms with Crippen LogP contribution in [0.3, 0.4) is 0 Å². The van der Waals surface area contributed by atoms with Gasteiger partial charge in [-0.05, 0) is 23.5 Å². The van der Waals surface area contributed by atoms with Crippen LogP contribution in [0.5, 0.6) is 0 Å². The second kappa shape index (κ2) is 16.8. The molecule has 0 saturated carbocycles. The van der Waals surface area contributed by atoms with E-state index in [0.29, 0.717) is 33.0 Å². The Morgan fingerprint density at radius 3 is 2.35 bits per heavy atom. The Morgan fingerprint density at radius 2 is 1.74 bits per heavy atom. The van der Waals surface area contributed by atoms with Gasteiger partial charge in [0.05, 0.1) is 55.2 Å². The van der Waals surface area contributed by atoms with Crippen LogP contribution in [0.1, 0.15) is 38.4 Å². The molecule has 0 unspecified atom stereocenters. The van der Waals surface area contributed by atoms with Gasteiger partial charge in [-0.1, -0.05) is 45.0 Å². The SMILES string of the molecule is Cc1ncsc1-c1ccc(CNC(=O)[C@@H]2C[C@@H](O)CN2C(=O)[C@@H](NC(=O)COCCOCCOCCN)C(C)(C)C)cc1. The predicted octanol–water partition coefficient (Wildman–Crippen LogP) is 1.24. The molecule has 0 bridgehead atoms. The van der Waals surface area contributed by atoms with Crippen LogP contribution in [0.25, 0.3) is 10.4 Å². The number of rotatable bonds is 16. The highest BCUT2D eigenvalue weighted by molar-refractivity contribution is 7.13. The molecule has 43 heavy (non-hydrogen) atoms. The molecular weight excluding hydrogens is 574 g/mol. The summed E-state index contributed by atoms with van der Waals surface area (Å²) in [5, 5.41) is 16.1. The highest BCUT2D eigenvalue weighted by Crippen LogP contribution is 2.28. The fraction of sp³-hybridized carbons (Fsp3) is 0.600. The van der Waals surface area contributed by atoms with Crippen LogP contribution >= 0.6 is 11.3 Å². The first-order valence-corrected chi connectivity index (χ1v) is 15.4. The summed E-state index contributed by atoms with van der Waals surface area (Å²) in [6.45, 7) is 9.72. The van der Waals surface area contributed by atoms with E-state index in [-0.39, 0.29) is 38.6 Å². The summed E-state index contributed by atoms with van der Waals surface area (Å²) in [6.07, 6.45) is -0.728. The molecule has 3 amide bonds. The van der Waals surface area contributed by atoms with Crippen molar-refractivity contribution < 1.29 is 33.7 Å². The average Bonchev–Trinajstić information content (AvgIpc) is 3.58. The number of hydrogen-bond acceptors (Lipinski definition) is 10. The molecule has 238 valence electrons. The third-order valence-corrected chi connectivity index (χ3v) is 7.93. The van der Waals surface area contributed by atoms with Crippen molar-refractivity contribution in [1.29, 1.82) is 0 Å². The molecule has 1 saturated heterocycles. The number of amides is 3. The van der Waals surface area contributed by atoms with E-state index in [1.54, 1.807) is 11.3 Å². The third kappa shape index (κ3) is 10.6. The lowest BCUT2D eigenvalue weighted by Gasteiger charge is -2.35. The normalized spacial score (nSPS) is 17.6. The number of β-amino-alcohol motifs (C(OH)–C–C–N with tert-alkyl or cyclic N) is 1. The molecule has 12 nitrogen and oxygen atoms in total. The van der Waals surface area contributed by atoms with Gasteiger partial charge in [0.2, 0.25) is 17.7 Å². The Balaban J connectivity index is 1.52. The summed E-state index contributed by atoms with van der Waals surface area (Å²) >= 11 is 1.58. The highest BCUT2D eigenvalue weighted by Gasteiger charge is 2.44. The Hall–Kier alpha value is -2.94. The summed E-state index contributed by atoms with van der Waals surface area (Å²) in [7, 11) is 0. The summed E-state index contributed by atoms with van der Waals surface area (Å²) in [5.74, 6) is -1.25. The van der Waals surface area contributed by atoms with Gasteiger partial charge in [-0.2, -0.15) is 0 Å². The molecule has 5 N–H and O–H groups in total. The van der Waals surface area contributed by atoms with Gasteiger partial charge in [-0.25, -0.2) is 4.98 Å². The number of aliphatic hydroxyl groups excluding tert-OH is 1. The number of aromatic nitrogens is 1. The van der Waals surface area contributed by atoms with Gasteiger partial charge in [0, 0.05) is 26.1 Å². The molecule has 1 aromatic heterocycles. The predicted molar refractivity (Wildman–Crippen MR) is 163 cm³/mol. The Bertz CT molecular complexity index is 1180. The number of thiazole rings is 1. The second-order valence-electron chi connectivity index (χ2n) is 11.5. The minimum absolute atomic E-state index is 0.00506. The van der Waals surface area contributed by atoms with Crippen molar-refractivity contribution in [2.24, 2.45) is 11.1 Å². The number of hydrogen-bond donors (Lipinski definition) is 4. The number of likely N-dealkylation sites (tertiary alicyclic amines) is 1. The van der Waals surface area contributed by atoms with Crippen molar-refractivity contribution in [2.75, 3.05) is 52.7 Å². The van der Waals surface area contributed by atoms with Gasteiger partial charge < -0.3 is 40.6 Å². The van der Waals surface area contributed by atoms with Crippen LogP contribution in [0, 0.1) is 12.3 Å². The number of aliphatic hydroxyl groups is 1. The van der Waals surface area contributed by atoms with Gasteiger partial charge >= 0.3 is 0 Å². The van der Waals surface area contributed by atoms with Crippen molar-refractivity contribution in [3.05, 3.63) is 41.0 Å². The van der Waals surface area contributed by atoms with E-state index < -0.39 is 35.4 Å². The monoisotopic (exact) mass is 619 g/mol. The number of carbonyl (C=O) groups is 3. The molecule has 0 spiro atoms. The molecule has 1 aromatic carbocycles. The molecule has 13 heteroatoms. The minimum Gasteiger partial charge on any atom is -0.391 e. The molecule has 3 atom stereocenters. The van der Waals surface area contributed by atoms with Crippen molar-refractivity contribution in [2.45, 2.75) is 58.8 Å². The van der Waals surface area contributed by atoms with Gasteiger partial charge in [0.1, 0.15) is 18.7 Å². The standard InChI is InChI=1S/C30H45N5O7S/c1-20-26(43-19-33-20)22-7-5-21(6-8-22)16-32-28(38)24-15-23(36)17-35(24)29(39)27(30(2,3)4)34-25(37)18-42-14-13-41-12-11-40-10-9-31/h5-8,19,23-24,27,36H,9-18,31H2,1-4H3,(H,32,38)(H,34,37)/t23-,24+,27-/m1/s1.